The second-order valence-corrected chi connectivity index (χ2v) is 3.28. The van der Waals surface area contributed by atoms with Crippen LogP contribution in [-0.2, 0) is 4.74 Å². The molecule has 1 rings (SSSR count). The van der Waals surface area contributed by atoms with E-state index in [0.29, 0.717) is 12.9 Å². The van der Waals surface area contributed by atoms with E-state index in [2.05, 4.69) is 0 Å². The van der Waals surface area contributed by atoms with Gasteiger partial charge in [-0.25, -0.2) is 0 Å². The van der Waals surface area contributed by atoms with Gasteiger partial charge in [0.1, 0.15) is 6.61 Å². The van der Waals surface area contributed by atoms with Gasteiger partial charge >= 0.3 is 0 Å². The van der Waals surface area contributed by atoms with Gasteiger partial charge in [-0.05, 0) is 0 Å². The van der Waals surface area contributed by atoms with Crippen LogP contribution in [-0.4, -0.2) is 38.6 Å². The van der Waals surface area contributed by atoms with Crippen LogP contribution in [0.25, 0.3) is 0 Å². The highest BCUT2D eigenvalue weighted by Gasteiger charge is 2.19. The molecule has 1 aromatic carbocycles. The van der Waals surface area contributed by atoms with E-state index in [0.717, 1.165) is 6.07 Å². The molecule has 0 aliphatic heterocycles. The van der Waals surface area contributed by atoms with E-state index in [9.17, 15) is 14.9 Å². The molecule has 0 heterocycles. The topological polar surface area (TPSA) is 87.9 Å². The summed E-state index contributed by atoms with van der Waals surface area (Å²) >= 11 is 0. The minimum atomic E-state index is -0.646. The summed E-state index contributed by atoms with van der Waals surface area (Å²) in [5.74, 6) is 0.464. The highest BCUT2D eigenvalue weighted by Crippen LogP contribution is 2.33. The summed E-state index contributed by atoms with van der Waals surface area (Å²) in [4.78, 5) is 20.9. The second kappa shape index (κ2) is 6.55. The number of ether oxygens (including phenoxy) is 3. The first kappa shape index (κ1) is 13.9. The first-order valence-corrected chi connectivity index (χ1v) is 5.07. The predicted molar refractivity (Wildman–Crippen MR) is 62.4 cm³/mol. The van der Waals surface area contributed by atoms with Crippen molar-refractivity contribution in [3.05, 3.63) is 27.8 Å². The van der Waals surface area contributed by atoms with Gasteiger partial charge in [0.15, 0.2) is 17.8 Å². The molecule has 0 fully saturated rings. The van der Waals surface area contributed by atoms with E-state index in [4.69, 9.17) is 14.2 Å². The molecule has 0 radical (unpaired) electrons. The van der Waals surface area contributed by atoms with Gasteiger partial charge in [0.05, 0.1) is 30.3 Å². The van der Waals surface area contributed by atoms with Crippen molar-refractivity contribution >= 4 is 12.0 Å². The molecular formula is C11H13NO6. The number of nitrogens with zero attached hydrogens (tertiary/aromatic N) is 1. The minimum absolute atomic E-state index is 0.0593. The summed E-state index contributed by atoms with van der Waals surface area (Å²) in [5, 5.41) is 10.8. The lowest BCUT2D eigenvalue weighted by atomic mass is 10.1. The maximum atomic E-state index is 10.8. The Hall–Kier alpha value is -2.15. The van der Waals surface area contributed by atoms with Crippen LogP contribution in [0.2, 0.25) is 0 Å². The van der Waals surface area contributed by atoms with Crippen molar-refractivity contribution in [1.29, 1.82) is 0 Å². The van der Waals surface area contributed by atoms with Crippen molar-refractivity contribution in [3.63, 3.8) is 0 Å². The molecule has 0 amide bonds. The minimum Gasteiger partial charge on any atom is -0.493 e. The van der Waals surface area contributed by atoms with Crippen molar-refractivity contribution in [2.75, 3.05) is 27.4 Å². The Morgan fingerprint density at radius 1 is 1.28 bits per heavy atom. The molecule has 0 atom stereocenters. The largest absolute Gasteiger partial charge is 0.493 e. The third-order valence-corrected chi connectivity index (χ3v) is 2.18. The van der Waals surface area contributed by atoms with Crippen LogP contribution in [0.5, 0.6) is 11.5 Å². The van der Waals surface area contributed by atoms with Gasteiger partial charge in [-0.2, -0.15) is 0 Å². The van der Waals surface area contributed by atoms with Gasteiger partial charge in [0.25, 0.3) is 5.69 Å². The van der Waals surface area contributed by atoms with Gasteiger partial charge in [-0.1, -0.05) is 0 Å². The van der Waals surface area contributed by atoms with Crippen LogP contribution in [0.15, 0.2) is 12.1 Å². The number of carbonyl (C=O) groups is 1. The SMILES string of the molecule is COCCOc1cc([N+](=O)[O-])c(C=O)cc1OC. The Bertz CT molecular complexity index is 445. The summed E-state index contributed by atoms with van der Waals surface area (Å²) in [6.45, 7) is 0.566. The molecule has 7 nitrogen and oxygen atoms in total. The molecule has 0 saturated heterocycles. The molecule has 0 aromatic heterocycles. The summed E-state index contributed by atoms with van der Waals surface area (Å²) < 4.78 is 15.1. The highest BCUT2D eigenvalue weighted by molar-refractivity contribution is 5.83. The molecule has 1 aromatic rings. The van der Waals surface area contributed by atoms with Gasteiger partial charge in [-0.3, -0.25) is 14.9 Å². The summed E-state index contributed by atoms with van der Waals surface area (Å²) in [6, 6.07) is 2.44. The predicted octanol–water partition coefficient (Wildman–Crippen LogP) is 1.44. The normalized spacial score (nSPS) is 9.89. The zero-order valence-corrected chi connectivity index (χ0v) is 10.0. The van der Waals surface area contributed by atoms with E-state index in [1.165, 1.54) is 20.3 Å². The second-order valence-electron chi connectivity index (χ2n) is 3.28. The van der Waals surface area contributed by atoms with Crippen molar-refractivity contribution in [2.24, 2.45) is 0 Å². The molecule has 0 aliphatic rings. The quantitative estimate of drug-likeness (QED) is 0.317. The number of nitro benzene ring substituents is 1. The number of methoxy groups -OCH3 is 2. The number of benzene rings is 1. The number of nitro groups is 1. The molecule has 7 heteroatoms. The fourth-order valence-corrected chi connectivity index (χ4v) is 1.32. The lowest BCUT2D eigenvalue weighted by molar-refractivity contribution is -0.385. The lowest BCUT2D eigenvalue weighted by Gasteiger charge is -2.10. The van der Waals surface area contributed by atoms with Gasteiger partial charge in [0, 0.05) is 13.2 Å². The average molecular weight is 255 g/mol. The Kier molecular flexibility index (Phi) is 5.06. The van der Waals surface area contributed by atoms with Gasteiger partial charge in [-0.15, -0.1) is 0 Å². The van der Waals surface area contributed by atoms with Crippen LogP contribution < -0.4 is 9.47 Å². The van der Waals surface area contributed by atoms with Crippen LogP contribution in [0.3, 0.4) is 0 Å². The van der Waals surface area contributed by atoms with Gasteiger partial charge in [0.2, 0.25) is 0 Å². The molecular weight excluding hydrogens is 242 g/mol. The first-order valence-electron chi connectivity index (χ1n) is 5.07. The van der Waals surface area contributed by atoms with Crippen LogP contribution in [0, 0.1) is 10.1 Å². The Balaban J connectivity index is 3.10. The van der Waals surface area contributed by atoms with Crippen LogP contribution in [0.1, 0.15) is 10.4 Å². The van der Waals surface area contributed by atoms with Crippen molar-refractivity contribution in [2.45, 2.75) is 0 Å². The van der Waals surface area contributed by atoms with Gasteiger partial charge < -0.3 is 14.2 Å². The van der Waals surface area contributed by atoms with E-state index in [1.807, 2.05) is 0 Å². The fraction of sp³-hybridized carbons (Fsp3) is 0.364. The molecule has 0 saturated carbocycles. The lowest BCUT2D eigenvalue weighted by Crippen LogP contribution is -2.06. The number of carbonyl (C=O) groups excluding carboxylic acids is 1. The maximum absolute atomic E-state index is 10.8. The van der Waals surface area contributed by atoms with E-state index in [-0.39, 0.29) is 29.4 Å². The monoisotopic (exact) mass is 255 g/mol. The number of hydrogen-bond acceptors (Lipinski definition) is 6. The highest BCUT2D eigenvalue weighted by atomic mass is 16.6. The summed E-state index contributed by atoms with van der Waals surface area (Å²) in [5.41, 5.74) is -0.380. The third-order valence-electron chi connectivity index (χ3n) is 2.18. The summed E-state index contributed by atoms with van der Waals surface area (Å²) in [7, 11) is 2.90. The molecule has 0 N–H and O–H groups in total. The molecule has 0 bridgehead atoms. The molecule has 0 aliphatic carbocycles. The van der Waals surface area contributed by atoms with Crippen molar-refractivity contribution < 1.29 is 23.9 Å². The summed E-state index contributed by atoms with van der Waals surface area (Å²) in [6.07, 6.45) is 0.402. The average Bonchev–Trinajstić information content (AvgIpc) is 2.38. The van der Waals surface area contributed by atoms with Crippen molar-refractivity contribution in [1.82, 2.24) is 0 Å². The third kappa shape index (κ3) is 3.17. The standard InChI is InChI=1S/C11H13NO6/c1-16-3-4-18-11-6-9(12(14)15)8(7-13)5-10(11)17-2/h5-7H,3-4H2,1-2H3. The molecule has 98 valence electrons. The number of rotatable bonds is 7. The molecule has 0 unspecified atom stereocenters. The Labute approximate surface area is 103 Å². The zero-order valence-electron chi connectivity index (χ0n) is 10.0. The number of aldehydes is 1. The van der Waals surface area contributed by atoms with E-state index in [1.54, 1.807) is 0 Å². The van der Waals surface area contributed by atoms with Crippen molar-refractivity contribution in [3.8, 4) is 11.5 Å². The zero-order chi connectivity index (χ0) is 13.5. The smallest absolute Gasteiger partial charge is 0.283 e. The Morgan fingerprint density at radius 2 is 2.00 bits per heavy atom. The number of hydrogen-bond donors (Lipinski definition) is 0. The van der Waals surface area contributed by atoms with Crippen LogP contribution >= 0.6 is 0 Å². The van der Waals surface area contributed by atoms with E-state index >= 15 is 0 Å². The molecule has 0 spiro atoms. The first-order chi connectivity index (χ1) is 8.63. The van der Waals surface area contributed by atoms with Crippen LogP contribution in [0.4, 0.5) is 5.69 Å². The van der Waals surface area contributed by atoms with E-state index < -0.39 is 4.92 Å². The fourth-order valence-electron chi connectivity index (χ4n) is 1.32. The molecule has 18 heavy (non-hydrogen) atoms. The Morgan fingerprint density at radius 3 is 2.50 bits per heavy atom. The maximum Gasteiger partial charge on any atom is 0.283 e.